The maximum Gasteiger partial charge on any atom is 0.318 e. The number of urea groups is 1. The highest BCUT2D eigenvalue weighted by atomic mass is 32.1. The van der Waals surface area contributed by atoms with Gasteiger partial charge in [-0.2, -0.15) is 0 Å². The first-order valence-electron chi connectivity index (χ1n) is 10.8. The molecule has 5 rings (SSSR count). The van der Waals surface area contributed by atoms with E-state index < -0.39 is 0 Å². The first-order chi connectivity index (χ1) is 14.7. The van der Waals surface area contributed by atoms with E-state index in [2.05, 4.69) is 29.1 Å². The summed E-state index contributed by atoms with van der Waals surface area (Å²) in [5.74, 6) is -0.266. The van der Waals surface area contributed by atoms with Crippen LogP contribution in [0.25, 0.3) is 5.00 Å². The van der Waals surface area contributed by atoms with Crippen LogP contribution in [0.5, 0.6) is 0 Å². The normalized spacial score (nSPS) is 17.7. The molecule has 0 radical (unpaired) electrons. The molecule has 1 aliphatic heterocycles. The fraction of sp³-hybridized carbons (Fsp3) is 0.375. The molecule has 1 atom stereocenters. The quantitative estimate of drug-likeness (QED) is 0.587. The van der Waals surface area contributed by atoms with E-state index >= 15 is 0 Å². The highest BCUT2D eigenvalue weighted by molar-refractivity contribution is 7.15. The molecule has 1 N–H and O–H groups in total. The van der Waals surface area contributed by atoms with E-state index in [1.54, 1.807) is 12.1 Å². The van der Waals surface area contributed by atoms with Crippen molar-refractivity contribution in [1.29, 1.82) is 0 Å². The first-order valence-corrected chi connectivity index (χ1v) is 11.6. The third-order valence-corrected chi connectivity index (χ3v) is 7.49. The number of hydrogen-bond donors (Lipinski definition) is 1. The Bertz CT molecular complexity index is 1070. The van der Waals surface area contributed by atoms with Crippen LogP contribution in [0, 0.1) is 5.82 Å². The Labute approximate surface area is 180 Å². The second-order valence-electron chi connectivity index (χ2n) is 8.11. The van der Waals surface area contributed by atoms with Crippen molar-refractivity contribution in [1.82, 2.24) is 14.8 Å². The molecule has 0 spiro atoms. The number of carbonyl (C=O) groups excluding carboxylic acids is 1. The van der Waals surface area contributed by atoms with Gasteiger partial charge in [-0.1, -0.05) is 19.1 Å². The zero-order chi connectivity index (χ0) is 20.7. The Morgan fingerprint density at radius 1 is 1.17 bits per heavy atom. The standard InChI is InChI=1S/C24H26FN3OS/c1-2-13-26-24(29)28-15-19-18-6-3-4-8-21(18)30-23(19)27-14-5-7-20(27)22(28)16-9-11-17(25)12-10-16/h5,7,9-12,14,22H,2-4,6,8,13,15H2,1H3,(H,26,29)/t22-/m0/s1. The molecule has 1 aromatic carbocycles. The molecule has 0 saturated heterocycles. The summed E-state index contributed by atoms with van der Waals surface area (Å²) in [6.07, 6.45) is 7.65. The minimum atomic E-state index is -0.267. The number of amides is 2. The fourth-order valence-electron chi connectivity index (χ4n) is 4.72. The predicted octanol–water partition coefficient (Wildman–Crippen LogP) is 5.58. The second kappa shape index (κ2) is 7.91. The maximum absolute atomic E-state index is 13.6. The van der Waals surface area contributed by atoms with E-state index in [9.17, 15) is 9.18 Å². The summed E-state index contributed by atoms with van der Waals surface area (Å²) in [6, 6.07) is 10.3. The molecule has 3 heterocycles. The van der Waals surface area contributed by atoms with Crippen molar-refractivity contribution in [2.24, 2.45) is 0 Å². The zero-order valence-electron chi connectivity index (χ0n) is 17.2. The van der Waals surface area contributed by atoms with Gasteiger partial charge < -0.3 is 14.8 Å². The number of aryl methyl sites for hydroxylation is 1. The Morgan fingerprint density at radius 2 is 1.97 bits per heavy atom. The molecule has 156 valence electrons. The number of hydrogen-bond acceptors (Lipinski definition) is 2. The van der Waals surface area contributed by atoms with Crippen LogP contribution < -0.4 is 5.32 Å². The van der Waals surface area contributed by atoms with Gasteiger partial charge in [-0.3, -0.25) is 0 Å². The van der Waals surface area contributed by atoms with E-state index in [0.29, 0.717) is 13.1 Å². The van der Waals surface area contributed by atoms with Gasteiger partial charge >= 0.3 is 6.03 Å². The topological polar surface area (TPSA) is 37.3 Å². The molecule has 0 saturated carbocycles. The lowest BCUT2D eigenvalue weighted by Crippen LogP contribution is -2.42. The molecule has 3 aromatic rings. The van der Waals surface area contributed by atoms with Crippen molar-refractivity contribution in [3.8, 4) is 5.00 Å². The number of halogens is 1. The van der Waals surface area contributed by atoms with Gasteiger partial charge in [0.1, 0.15) is 10.8 Å². The summed E-state index contributed by atoms with van der Waals surface area (Å²) < 4.78 is 15.9. The number of rotatable bonds is 3. The third-order valence-electron chi connectivity index (χ3n) is 6.15. The maximum atomic E-state index is 13.6. The summed E-state index contributed by atoms with van der Waals surface area (Å²) in [6.45, 7) is 3.26. The van der Waals surface area contributed by atoms with Crippen molar-refractivity contribution in [2.45, 2.75) is 51.6 Å². The molecule has 6 heteroatoms. The van der Waals surface area contributed by atoms with E-state index in [1.165, 1.54) is 46.0 Å². The summed E-state index contributed by atoms with van der Waals surface area (Å²) in [4.78, 5) is 16.7. The molecule has 2 aromatic heterocycles. The minimum absolute atomic E-state index is 0.0671. The lowest BCUT2D eigenvalue weighted by Gasteiger charge is -2.31. The van der Waals surface area contributed by atoms with E-state index in [4.69, 9.17) is 0 Å². The lowest BCUT2D eigenvalue weighted by atomic mass is 9.95. The molecule has 2 amide bonds. The predicted molar refractivity (Wildman–Crippen MR) is 118 cm³/mol. The van der Waals surface area contributed by atoms with Crippen molar-refractivity contribution in [3.63, 3.8) is 0 Å². The number of thiophene rings is 1. The molecule has 0 fully saturated rings. The van der Waals surface area contributed by atoms with E-state index in [-0.39, 0.29) is 17.9 Å². The Kier molecular flexibility index (Phi) is 5.11. The van der Waals surface area contributed by atoms with Gasteiger partial charge in [0, 0.05) is 23.2 Å². The monoisotopic (exact) mass is 423 g/mol. The van der Waals surface area contributed by atoms with Crippen molar-refractivity contribution in [3.05, 3.63) is 75.7 Å². The first kappa shape index (κ1) is 19.4. The van der Waals surface area contributed by atoms with Crippen molar-refractivity contribution in [2.75, 3.05) is 6.54 Å². The zero-order valence-corrected chi connectivity index (χ0v) is 18.0. The van der Waals surface area contributed by atoms with Crippen molar-refractivity contribution < 1.29 is 9.18 Å². The van der Waals surface area contributed by atoms with Gasteiger partial charge in [0.15, 0.2) is 0 Å². The largest absolute Gasteiger partial charge is 0.338 e. The molecule has 2 aliphatic rings. The summed E-state index contributed by atoms with van der Waals surface area (Å²) in [7, 11) is 0. The number of nitrogens with one attached hydrogen (secondary N) is 1. The number of benzene rings is 1. The van der Waals surface area contributed by atoms with Crippen LogP contribution in [0.15, 0.2) is 42.6 Å². The molecule has 4 nitrogen and oxygen atoms in total. The average molecular weight is 424 g/mol. The number of nitrogens with zero attached hydrogens (tertiary/aromatic N) is 2. The average Bonchev–Trinajstić information content (AvgIpc) is 3.35. The molecule has 1 aliphatic carbocycles. The Morgan fingerprint density at radius 3 is 2.77 bits per heavy atom. The van der Waals surface area contributed by atoms with E-state index in [0.717, 1.165) is 30.5 Å². The van der Waals surface area contributed by atoms with E-state index in [1.807, 2.05) is 22.3 Å². The highest BCUT2D eigenvalue weighted by Gasteiger charge is 2.35. The summed E-state index contributed by atoms with van der Waals surface area (Å²) in [5.41, 5.74) is 4.69. The highest BCUT2D eigenvalue weighted by Crippen LogP contribution is 2.43. The van der Waals surface area contributed by atoms with Crippen LogP contribution in [-0.4, -0.2) is 22.0 Å². The van der Waals surface area contributed by atoms with Crippen molar-refractivity contribution >= 4 is 17.4 Å². The lowest BCUT2D eigenvalue weighted by molar-refractivity contribution is 0.180. The van der Waals surface area contributed by atoms with Gasteiger partial charge in [-0.15, -0.1) is 11.3 Å². The molecule has 0 unspecified atom stereocenters. The smallest absolute Gasteiger partial charge is 0.318 e. The SMILES string of the molecule is CCCNC(=O)N1Cc2c(sc3c2CCCC3)-n2cccc2[C@@H]1c1ccc(F)cc1. The van der Waals surface area contributed by atoms with Crippen LogP contribution in [-0.2, 0) is 19.4 Å². The summed E-state index contributed by atoms with van der Waals surface area (Å²) in [5, 5.41) is 4.31. The van der Waals surface area contributed by atoms with Crippen LogP contribution in [0.3, 0.4) is 0 Å². The second-order valence-corrected chi connectivity index (χ2v) is 9.20. The number of aromatic nitrogens is 1. The van der Waals surface area contributed by atoms with Crippen LogP contribution in [0.1, 0.15) is 59.5 Å². The Balaban J connectivity index is 1.67. The van der Waals surface area contributed by atoms with Crippen LogP contribution >= 0.6 is 11.3 Å². The fourth-order valence-corrected chi connectivity index (χ4v) is 6.12. The van der Waals surface area contributed by atoms with Crippen LogP contribution in [0.2, 0.25) is 0 Å². The van der Waals surface area contributed by atoms with Gasteiger partial charge in [0.25, 0.3) is 0 Å². The summed E-state index contributed by atoms with van der Waals surface area (Å²) >= 11 is 1.87. The van der Waals surface area contributed by atoms with Gasteiger partial charge in [-0.25, -0.2) is 9.18 Å². The molecule has 0 bridgehead atoms. The molecular weight excluding hydrogens is 397 g/mol. The minimum Gasteiger partial charge on any atom is -0.338 e. The number of carbonyl (C=O) groups is 1. The molecule has 30 heavy (non-hydrogen) atoms. The van der Waals surface area contributed by atoms with Gasteiger partial charge in [-0.05, 0) is 67.5 Å². The van der Waals surface area contributed by atoms with Gasteiger partial charge in [0.05, 0.1) is 18.3 Å². The molecular formula is C24H26FN3OS. The van der Waals surface area contributed by atoms with Crippen LogP contribution in [0.4, 0.5) is 9.18 Å². The van der Waals surface area contributed by atoms with Gasteiger partial charge in [0.2, 0.25) is 0 Å². The Hall–Kier alpha value is -2.60. The third kappa shape index (κ3) is 3.23. The number of fused-ring (bicyclic) bond motifs is 5.